The molecule has 0 heterocycles. The topological polar surface area (TPSA) is 72.2 Å². The first kappa shape index (κ1) is 15.3. The number of sulfonamides is 1. The van der Waals surface area contributed by atoms with Crippen molar-refractivity contribution in [2.45, 2.75) is 11.4 Å². The third-order valence-corrected chi connectivity index (χ3v) is 5.01. The van der Waals surface area contributed by atoms with Crippen LogP contribution in [-0.2, 0) is 16.6 Å². The monoisotopic (exact) mass is 374 g/mol. The van der Waals surface area contributed by atoms with E-state index in [4.69, 9.17) is 17.3 Å². The van der Waals surface area contributed by atoms with Crippen LogP contribution in [-0.4, -0.2) is 8.42 Å². The Morgan fingerprint density at radius 1 is 1.15 bits per heavy atom. The highest BCUT2D eigenvalue weighted by atomic mass is 79.9. The van der Waals surface area contributed by atoms with Crippen LogP contribution in [0.2, 0.25) is 5.02 Å². The van der Waals surface area contributed by atoms with Gasteiger partial charge in [0.25, 0.3) is 0 Å². The molecule has 0 aliphatic heterocycles. The van der Waals surface area contributed by atoms with Gasteiger partial charge in [-0.15, -0.1) is 0 Å². The van der Waals surface area contributed by atoms with E-state index in [0.717, 1.165) is 10.0 Å². The summed E-state index contributed by atoms with van der Waals surface area (Å²) in [6, 6.07) is 11.6. The van der Waals surface area contributed by atoms with Gasteiger partial charge >= 0.3 is 0 Å². The molecule has 0 aromatic heterocycles. The van der Waals surface area contributed by atoms with Crippen LogP contribution in [0, 0.1) is 0 Å². The van der Waals surface area contributed by atoms with Crippen molar-refractivity contribution < 1.29 is 8.42 Å². The minimum atomic E-state index is -3.65. The Labute approximate surface area is 131 Å². The molecule has 0 fully saturated rings. The van der Waals surface area contributed by atoms with Crippen LogP contribution in [0.15, 0.2) is 51.8 Å². The molecule has 0 spiro atoms. The summed E-state index contributed by atoms with van der Waals surface area (Å²) in [5.74, 6) is 0. The van der Waals surface area contributed by atoms with E-state index in [2.05, 4.69) is 20.7 Å². The molecule has 0 saturated heterocycles. The fourth-order valence-corrected chi connectivity index (χ4v) is 3.64. The van der Waals surface area contributed by atoms with Crippen LogP contribution in [0.1, 0.15) is 5.56 Å². The molecule has 0 unspecified atom stereocenters. The zero-order chi connectivity index (χ0) is 14.8. The summed E-state index contributed by atoms with van der Waals surface area (Å²) in [6.07, 6.45) is 0. The van der Waals surface area contributed by atoms with E-state index in [0.29, 0.717) is 5.69 Å². The molecule has 0 amide bonds. The Morgan fingerprint density at radius 3 is 2.40 bits per heavy atom. The first-order valence-electron chi connectivity index (χ1n) is 5.67. The number of nitrogens with one attached hydrogen (secondary N) is 1. The van der Waals surface area contributed by atoms with Crippen LogP contribution >= 0.6 is 27.5 Å². The van der Waals surface area contributed by atoms with E-state index in [-0.39, 0.29) is 16.5 Å². The quantitative estimate of drug-likeness (QED) is 0.806. The normalized spacial score (nSPS) is 11.5. The van der Waals surface area contributed by atoms with Crippen molar-refractivity contribution in [3.8, 4) is 0 Å². The van der Waals surface area contributed by atoms with Crippen molar-refractivity contribution in [3.63, 3.8) is 0 Å². The van der Waals surface area contributed by atoms with Crippen molar-refractivity contribution in [2.75, 3.05) is 5.73 Å². The number of nitrogens with two attached hydrogens (primary N) is 1. The lowest BCUT2D eigenvalue weighted by molar-refractivity contribution is 0.581. The Hall–Kier alpha value is -1.08. The molecule has 2 aromatic rings. The largest absolute Gasteiger partial charge is 0.399 e. The summed E-state index contributed by atoms with van der Waals surface area (Å²) in [5, 5.41) is 0.171. The number of anilines is 1. The molecular formula is C13H12BrClN2O2S. The first-order valence-corrected chi connectivity index (χ1v) is 8.33. The van der Waals surface area contributed by atoms with Gasteiger partial charge in [-0.25, -0.2) is 13.1 Å². The fourth-order valence-electron chi connectivity index (χ4n) is 1.58. The lowest BCUT2D eigenvalue weighted by Gasteiger charge is -2.09. The SMILES string of the molecule is Nc1ccc(CNS(=O)(=O)c2ccc(Br)cc2Cl)cc1. The van der Waals surface area contributed by atoms with Crippen LogP contribution in [0.5, 0.6) is 0 Å². The third-order valence-electron chi connectivity index (χ3n) is 2.63. The third kappa shape index (κ3) is 3.73. The van der Waals surface area contributed by atoms with Crippen molar-refractivity contribution in [3.05, 3.63) is 57.5 Å². The van der Waals surface area contributed by atoms with Gasteiger partial charge in [0.15, 0.2) is 0 Å². The number of halogens is 2. The Balaban J connectivity index is 2.17. The van der Waals surface area contributed by atoms with Gasteiger partial charge in [-0.1, -0.05) is 39.7 Å². The zero-order valence-electron chi connectivity index (χ0n) is 10.3. The summed E-state index contributed by atoms with van der Waals surface area (Å²) in [4.78, 5) is 0.0535. The highest BCUT2D eigenvalue weighted by Gasteiger charge is 2.17. The molecule has 0 aliphatic rings. The maximum atomic E-state index is 12.2. The molecule has 20 heavy (non-hydrogen) atoms. The average Bonchev–Trinajstić information content (AvgIpc) is 2.37. The van der Waals surface area contributed by atoms with Crippen molar-refractivity contribution >= 4 is 43.2 Å². The maximum Gasteiger partial charge on any atom is 0.242 e. The average molecular weight is 376 g/mol. The van der Waals surface area contributed by atoms with Gasteiger partial charge < -0.3 is 5.73 Å². The van der Waals surface area contributed by atoms with Crippen LogP contribution in [0.25, 0.3) is 0 Å². The second kappa shape index (κ2) is 6.13. The molecule has 0 bridgehead atoms. The van der Waals surface area contributed by atoms with E-state index in [1.807, 2.05) is 0 Å². The van der Waals surface area contributed by atoms with E-state index in [9.17, 15) is 8.42 Å². The predicted molar refractivity (Wildman–Crippen MR) is 84.0 cm³/mol. The summed E-state index contributed by atoms with van der Waals surface area (Å²) in [5.41, 5.74) is 7.02. The van der Waals surface area contributed by atoms with Gasteiger partial charge in [0.2, 0.25) is 10.0 Å². The van der Waals surface area contributed by atoms with E-state index in [1.165, 1.54) is 6.07 Å². The molecule has 3 N–H and O–H groups in total. The number of hydrogen-bond acceptors (Lipinski definition) is 3. The summed E-state index contributed by atoms with van der Waals surface area (Å²) >= 11 is 9.18. The Bertz CT molecular complexity index is 718. The number of benzene rings is 2. The van der Waals surface area contributed by atoms with Gasteiger partial charge in [0, 0.05) is 16.7 Å². The molecular weight excluding hydrogens is 364 g/mol. The number of rotatable bonds is 4. The summed E-state index contributed by atoms with van der Waals surface area (Å²) in [6.45, 7) is 0.176. The first-order chi connectivity index (χ1) is 9.38. The maximum absolute atomic E-state index is 12.2. The minimum absolute atomic E-state index is 0.0535. The molecule has 0 saturated carbocycles. The van der Waals surface area contributed by atoms with Crippen LogP contribution in [0.3, 0.4) is 0 Å². The van der Waals surface area contributed by atoms with Crippen LogP contribution < -0.4 is 10.5 Å². The van der Waals surface area contributed by atoms with Gasteiger partial charge in [-0.3, -0.25) is 0 Å². The highest BCUT2D eigenvalue weighted by Crippen LogP contribution is 2.25. The standard InChI is InChI=1S/C13H12BrClN2O2S/c14-10-3-6-13(12(15)7-10)20(18,19)17-8-9-1-4-11(16)5-2-9/h1-7,17H,8,16H2. The molecule has 4 nitrogen and oxygen atoms in total. The molecule has 0 atom stereocenters. The second-order valence-corrected chi connectivity index (χ2v) is 7.20. The lowest BCUT2D eigenvalue weighted by Crippen LogP contribution is -2.23. The Kier molecular flexibility index (Phi) is 4.70. The molecule has 106 valence electrons. The van der Waals surface area contributed by atoms with Crippen molar-refractivity contribution in [1.29, 1.82) is 0 Å². The van der Waals surface area contributed by atoms with Gasteiger partial charge in [-0.05, 0) is 35.9 Å². The van der Waals surface area contributed by atoms with E-state index >= 15 is 0 Å². The van der Waals surface area contributed by atoms with Crippen molar-refractivity contribution in [1.82, 2.24) is 4.72 Å². The Morgan fingerprint density at radius 2 is 1.80 bits per heavy atom. The molecule has 7 heteroatoms. The van der Waals surface area contributed by atoms with Crippen molar-refractivity contribution in [2.24, 2.45) is 0 Å². The van der Waals surface area contributed by atoms with Gasteiger partial charge in [0.1, 0.15) is 4.90 Å². The zero-order valence-corrected chi connectivity index (χ0v) is 13.5. The smallest absolute Gasteiger partial charge is 0.242 e. The van der Waals surface area contributed by atoms with Gasteiger partial charge in [-0.2, -0.15) is 0 Å². The van der Waals surface area contributed by atoms with E-state index < -0.39 is 10.0 Å². The van der Waals surface area contributed by atoms with Crippen LogP contribution in [0.4, 0.5) is 5.69 Å². The lowest BCUT2D eigenvalue weighted by atomic mass is 10.2. The molecule has 2 rings (SSSR count). The predicted octanol–water partition coefficient (Wildman–Crippen LogP) is 3.16. The molecule has 2 aromatic carbocycles. The number of nitrogen functional groups attached to an aromatic ring is 1. The second-order valence-electron chi connectivity index (χ2n) is 4.14. The fraction of sp³-hybridized carbons (Fsp3) is 0.0769. The van der Waals surface area contributed by atoms with Gasteiger partial charge in [0.05, 0.1) is 5.02 Å². The van der Waals surface area contributed by atoms with E-state index in [1.54, 1.807) is 36.4 Å². The molecule has 0 aliphatic carbocycles. The molecule has 0 radical (unpaired) electrons. The number of hydrogen-bond donors (Lipinski definition) is 2. The highest BCUT2D eigenvalue weighted by molar-refractivity contribution is 9.10. The minimum Gasteiger partial charge on any atom is -0.399 e. The summed E-state index contributed by atoms with van der Waals surface area (Å²) in [7, 11) is -3.65. The summed E-state index contributed by atoms with van der Waals surface area (Å²) < 4.78 is 27.6.